The molecule has 1 unspecified atom stereocenters. The van der Waals surface area contributed by atoms with Crippen molar-refractivity contribution in [3.63, 3.8) is 0 Å². The summed E-state index contributed by atoms with van der Waals surface area (Å²) < 4.78 is 0. The molecule has 0 saturated carbocycles. The number of amides is 2. The number of rotatable bonds is 3. The van der Waals surface area contributed by atoms with Crippen molar-refractivity contribution in [2.75, 3.05) is 11.4 Å². The predicted molar refractivity (Wildman–Crippen MR) is 75.0 cm³/mol. The van der Waals surface area contributed by atoms with Gasteiger partial charge in [-0.1, -0.05) is 18.2 Å². The first-order valence-corrected chi connectivity index (χ1v) is 6.97. The molecule has 0 bridgehead atoms. The predicted octanol–water partition coefficient (Wildman–Crippen LogP) is 0.870. The zero-order valence-corrected chi connectivity index (χ0v) is 11.4. The molecule has 0 radical (unpaired) electrons. The van der Waals surface area contributed by atoms with E-state index >= 15 is 0 Å². The van der Waals surface area contributed by atoms with Gasteiger partial charge in [0, 0.05) is 24.6 Å². The molecule has 2 aliphatic rings. The molecule has 1 saturated heterocycles. The van der Waals surface area contributed by atoms with Crippen LogP contribution in [0.25, 0.3) is 0 Å². The van der Waals surface area contributed by atoms with Crippen LogP contribution in [0.15, 0.2) is 24.3 Å². The van der Waals surface area contributed by atoms with Gasteiger partial charge in [0.15, 0.2) is 0 Å². The summed E-state index contributed by atoms with van der Waals surface area (Å²) >= 11 is 0. The summed E-state index contributed by atoms with van der Waals surface area (Å²) in [7, 11) is 0. The number of carbonyl (C=O) groups excluding carboxylic acids is 2. The van der Waals surface area contributed by atoms with Crippen molar-refractivity contribution in [1.29, 1.82) is 0 Å². The lowest BCUT2D eigenvalue weighted by Crippen LogP contribution is -2.44. The van der Waals surface area contributed by atoms with Crippen LogP contribution in [0.1, 0.15) is 30.7 Å². The number of hydrogen-bond donors (Lipinski definition) is 2. The zero-order chi connectivity index (χ0) is 15.0. The van der Waals surface area contributed by atoms with Crippen LogP contribution in [0.4, 0.5) is 5.69 Å². The lowest BCUT2D eigenvalue weighted by atomic mass is 9.98. The first-order chi connectivity index (χ1) is 10.1. The molecule has 2 atom stereocenters. The normalized spacial score (nSPS) is 23.8. The van der Waals surface area contributed by atoms with Gasteiger partial charge in [0.1, 0.15) is 6.04 Å². The zero-order valence-electron chi connectivity index (χ0n) is 11.4. The van der Waals surface area contributed by atoms with E-state index in [9.17, 15) is 14.4 Å². The van der Waals surface area contributed by atoms with Crippen molar-refractivity contribution in [1.82, 2.24) is 5.32 Å². The Hall–Kier alpha value is -2.37. The highest BCUT2D eigenvalue weighted by Gasteiger charge is 2.38. The summed E-state index contributed by atoms with van der Waals surface area (Å²) in [5.41, 5.74) is 1.65. The van der Waals surface area contributed by atoms with E-state index in [1.807, 2.05) is 24.3 Å². The Balaban J connectivity index is 1.85. The van der Waals surface area contributed by atoms with Gasteiger partial charge >= 0.3 is 5.97 Å². The fourth-order valence-electron chi connectivity index (χ4n) is 3.08. The second-order valence-electron chi connectivity index (χ2n) is 5.46. The lowest BCUT2D eigenvalue weighted by Gasteiger charge is -2.21. The highest BCUT2D eigenvalue weighted by atomic mass is 16.4. The molecule has 1 aromatic rings. The third kappa shape index (κ3) is 2.49. The van der Waals surface area contributed by atoms with Crippen molar-refractivity contribution >= 4 is 23.5 Å². The first-order valence-electron chi connectivity index (χ1n) is 6.97. The number of benzene rings is 1. The third-order valence-electron chi connectivity index (χ3n) is 4.05. The van der Waals surface area contributed by atoms with Crippen molar-refractivity contribution in [2.24, 2.45) is 0 Å². The molecule has 0 aromatic heterocycles. The van der Waals surface area contributed by atoms with Gasteiger partial charge in [0.25, 0.3) is 0 Å². The Morgan fingerprint density at radius 1 is 1.33 bits per heavy atom. The molecular formula is C15H16N2O4. The van der Waals surface area contributed by atoms with Gasteiger partial charge in [0.2, 0.25) is 11.8 Å². The molecule has 2 aliphatic heterocycles. The van der Waals surface area contributed by atoms with Crippen LogP contribution in [0.3, 0.4) is 0 Å². The molecule has 3 rings (SSSR count). The average molecular weight is 288 g/mol. The first kappa shape index (κ1) is 13.6. The molecule has 110 valence electrons. The number of nitrogens with zero attached hydrogens (tertiary/aromatic N) is 1. The minimum absolute atomic E-state index is 0.00216. The topological polar surface area (TPSA) is 86.7 Å². The van der Waals surface area contributed by atoms with Crippen LogP contribution in [0, 0.1) is 0 Å². The van der Waals surface area contributed by atoms with Crippen LogP contribution >= 0.6 is 0 Å². The van der Waals surface area contributed by atoms with Crippen molar-refractivity contribution in [2.45, 2.75) is 31.2 Å². The maximum Gasteiger partial charge on any atom is 0.304 e. The third-order valence-corrected chi connectivity index (χ3v) is 4.05. The molecule has 1 fully saturated rings. The fourth-order valence-corrected chi connectivity index (χ4v) is 3.08. The van der Waals surface area contributed by atoms with Crippen molar-refractivity contribution in [3.8, 4) is 0 Å². The molecule has 2 heterocycles. The number of carboxylic acids is 1. The molecule has 2 amide bonds. The van der Waals surface area contributed by atoms with Gasteiger partial charge in [-0.2, -0.15) is 0 Å². The van der Waals surface area contributed by atoms with E-state index in [1.165, 1.54) is 0 Å². The van der Waals surface area contributed by atoms with Crippen LogP contribution < -0.4 is 10.2 Å². The van der Waals surface area contributed by atoms with Crippen molar-refractivity contribution < 1.29 is 19.5 Å². The van der Waals surface area contributed by atoms with Gasteiger partial charge in [0.05, 0.1) is 6.42 Å². The SMILES string of the molecule is O=C(O)CC1CN(C(=O)[C@H]2CCC(=O)N2)c2ccccc21. The highest BCUT2D eigenvalue weighted by molar-refractivity contribution is 6.02. The van der Waals surface area contributed by atoms with Gasteiger partial charge < -0.3 is 15.3 Å². The van der Waals surface area contributed by atoms with Gasteiger partial charge in [-0.3, -0.25) is 14.4 Å². The molecule has 6 nitrogen and oxygen atoms in total. The maximum atomic E-state index is 12.6. The standard InChI is InChI=1S/C15H16N2O4/c18-13-6-5-11(16-13)15(21)17-8-9(7-14(19)20)10-3-1-2-4-12(10)17/h1-4,9,11H,5-8H2,(H,16,18)(H,19,20)/t9?,11-/m1/s1. The highest BCUT2D eigenvalue weighted by Crippen LogP contribution is 2.38. The fraction of sp³-hybridized carbons (Fsp3) is 0.400. The lowest BCUT2D eigenvalue weighted by molar-refractivity contribution is -0.137. The summed E-state index contributed by atoms with van der Waals surface area (Å²) in [6.07, 6.45) is 0.863. The molecule has 2 N–H and O–H groups in total. The van der Waals surface area contributed by atoms with Crippen LogP contribution in [-0.4, -0.2) is 35.5 Å². The second kappa shape index (κ2) is 5.20. The molecule has 0 spiro atoms. The smallest absolute Gasteiger partial charge is 0.304 e. The molecule has 1 aromatic carbocycles. The number of carboxylic acid groups (broad SMARTS) is 1. The van der Waals surface area contributed by atoms with E-state index in [1.54, 1.807) is 4.90 Å². The molecular weight excluding hydrogens is 272 g/mol. The summed E-state index contributed by atoms with van der Waals surface area (Å²) in [5, 5.41) is 11.7. The summed E-state index contributed by atoms with van der Waals surface area (Å²) in [5.74, 6) is -1.33. The quantitative estimate of drug-likeness (QED) is 0.864. The Kier molecular flexibility index (Phi) is 3.37. The number of anilines is 1. The van der Waals surface area contributed by atoms with Crippen molar-refractivity contribution in [3.05, 3.63) is 29.8 Å². The summed E-state index contributed by atoms with van der Waals surface area (Å²) in [6, 6.07) is 6.87. The monoisotopic (exact) mass is 288 g/mol. The number of carbonyl (C=O) groups is 3. The molecule has 6 heteroatoms. The van der Waals surface area contributed by atoms with E-state index < -0.39 is 12.0 Å². The van der Waals surface area contributed by atoms with Gasteiger partial charge in [-0.25, -0.2) is 0 Å². The Morgan fingerprint density at radius 2 is 2.10 bits per heavy atom. The minimum atomic E-state index is -0.877. The number of para-hydroxylation sites is 1. The van der Waals surface area contributed by atoms with Crippen LogP contribution in [0.5, 0.6) is 0 Å². The average Bonchev–Trinajstić information content (AvgIpc) is 3.03. The second-order valence-corrected chi connectivity index (χ2v) is 5.46. The number of hydrogen-bond acceptors (Lipinski definition) is 3. The summed E-state index contributed by atoms with van der Waals surface area (Å²) in [6.45, 7) is 0.358. The van der Waals surface area contributed by atoms with E-state index in [0.717, 1.165) is 11.3 Å². The van der Waals surface area contributed by atoms with Crippen LogP contribution in [0.2, 0.25) is 0 Å². The van der Waals surface area contributed by atoms with Gasteiger partial charge in [-0.15, -0.1) is 0 Å². The van der Waals surface area contributed by atoms with Gasteiger partial charge in [-0.05, 0) is 18.1 Å². The Labute approximate surface area is 121 Å². The maximum absolute atomic E-state index is 12.6. The van der Waals surface area contributed by atoms with E-state index in [4.69, 9.17) is 5.11 Å². The Bertz CT molecular complexity index is 613. The molecule has 0 aliphatic carbocycles. The molecule has 21 heavy (non-hydrogen) atoms. The number of nitrogens with one attached hydrogen (secondary N) is 1. The number of aliphatic carboxylic acids is 1. The summed E-state index contributed by atoms with van der Waals surface area (Å²) in [4.78, 5) is 36.4. The Morgan fingerprint density at radius 3 is 2.76 bits per heavy atom. The number of fused-ring (bicyclic) bond motifs is 1. The van der Waals surface area contributed by atoms with E-state index in [2.05, 4.69) is 5.32 Å². The minimum Gasteiger partial charge on any atom is -0.481 e. The van der Waals surface area contributed by atoms with E-state index in [-0.39, 0.29) is 24.2 Å². The van der Waals surface area contributed by atoms with Crippen LogP contribution in [-0.2, 0) is 14.4 Å². The van der Waals surface area contributed by atoms with E-state index in [0.29, 0.717) is 19.4 Å². The largest absolute Gasteiger partial charge is 0.481 e.